The Hall–Kier alpha value is -3.16. The Morgan fingerprint density at radius 3 is 2.61 bits per heavy atom. The highest BCUT2D eigenvalue weighted by atomic mass is 35.5. The zero-order valence-corrected chi connectivity index (χ0v) is 16.3. The number of benzene rings is 1. The smallest absolute Gasteiger partial charge is 0.414 e. The number of anilines is 1. The third-order valence-corrected chi connectivity index (χ3v) is 3.39. The third-order valence-electron chi connectivity index (χ3n) is 3.06. The van der Waals surface area contributed by atoms with Crippen molar-refractivity contribution in [1.82, 2.24) is 4.90 Å². The van der Waals surface area contributed by atoms with E-state index in [2.05, 4.69) is 5.32 Å². The second-order valence-corrected chi connectivity index (χ2v) is 6.90. The SMILES string of the molecule is CC(C)(C)OC(=O)N(/C=C(/C#N)C(=O)Nc1cc([N+](=O)[O-])ccc1Cl)CCN. The normalized spacial score (nSPS) is 11.4. The van der Waals surface area contributed by atoms with E-state index in [0.717, 1.165) is 17.2 Å². The first-order valence-corrected chi connectivity index (χ1v) is 8.43. The topological polar surface area (TPSA) is 152 Å². The average molecular weight is 410 g/mol. The standard InChI is InChI=1S/C17H20ClN5O5/c1-17(2,3)28-16(25)22(7-6-19)10-11(9-20)15(24)21-14-8-12(23(26)27)4-5-13(14)18/h4-5,8,10H,6-7,19H2,1-3H3,(H,21,24)/b11-10-. The fourth-order valence-electron chi connectivity index (χ4n) is 1.87. The number of hydrogen-bond donors (Lipinski definition) is 2. The number of hydrogen-bond acceptors (Lipinski definition) is 7. The van der Waals surface area contributed by atoms with Gasteiger partial charge in [0.1, 0.15) is 17.2 Å². The number of nitriles is 1. The van der Waals surface area contributed by atoms with Gasteiger partial charge >= 0.3 is 6.09 Å². The highest BCUT2D eigenvalue weighted by molar-refractivity contribution is 6.34. The number of rotatable bonds is 6. The summed E-state index contributed by atoms with van der Waals surface area (Å²) >= 11 is 5.93. The minimum Gasteiger partial charge on any atom is -0.443 e. The van der Waals surface area contributed by atoms with Gasteiger partial charge in [0.05, 0.1) is 15.6 Å². The van der Waals surface area contributed by atoms with Crippen LogP contribution in [0, 0.1) is 21.4 Å². The van der Waals surface area contributed by atoms with Crippen LogP contribution in [0.15, 0.2) is 30.0 Å². The summed E-state index contributed by atoms with van der Waals surface area (Å²) < 4.78 is 5.21. The molecule has 0 bridgehead atoms. The van der Waals surface area contributed by atoms with Gasteiger partial charge in [0.25, 0.3) is 11.6 Å². The molecule has 0 unspecified atom stereocenters. The van der Waals surface area contributed by atoms with E-state index in [4.69, 9.17) is 22.1 Å². The van der Waals surface area contributed by atoms with E-state index >= 15 is 0 Å². The van der Waals surface area contributed by atoms with Crippen LogP contribution >= 0.6 is 11.6 Å². The molecule has 150 valence electrons. The fraction of sp³-hybridized carbons (Fsp3) is 0.353. The number of nitro benzene ring substituents is 1. The highest BCUT2D eigenvalue weighted by Crippen LogP contribution is 2.27. The molecule has 10 nitrogen and oxygen atoms in total. The van der Waals surface area contributed by atoms with Crippen molar-refractivity contribution in [2.75, 3.05) is 18.4 Å². The lowest BCUT2D eigenvalue weighted by Gasteiger charge is -2.25. The molecule has 0 atom stereocenters. The molecule has 0 saturated heterocycles. The van der Waals surface area contributed by atoms with Crippen LogP contribution < -0.4 is 11.1 Å². The van der Waals surface area contributed by atoms with Gasteiger partial charge in [-0.3, -0.25) is 19.8 Å². The number of amides is 2. The minimum absolute atomic E-state index is 0.00490. The number of nitrogens with one attached hydrogen (secondary N) is 1. The predicted octanol–water partition coefficient (Wildman–Crippen LogP) is 2.79. The maximum absolute atomic E-state index is 12.4. The van der Waals surface area contributed by atoms with Gasteiger partial charge < -0.3 is 15.8 Å². The van der Waals surface area contributed by atoms with Crippen LogP contribution in [0.2, 0.25) is 5.02 Å². The predicted molar refractivity (Wildman–Crippen MR) is 102 cm³/mol. The molecule has 0 saturated carbocycles. The van der Waals surface area contributed by atoms with Crippen LogP contribution in [0.3, 0.4) is 0 Å². The molecule has 0 aliphatic heterocycles. The number of ether oxygens (including phenoxy) is 1. The summed E-state index contributed by atoms with van der Waals surface area (Å²) in [5.41, 5.74) is 3.90. The van der Waals surface area contributed by atoms with Crippen molar-refractivity contribution in [2.24, 2.45) is 5.73 Å². The third kappa shape index (κ3) is 6.86. The monoisotopic (exact) mass is 409 g/mol. The van der Waals surface area contributed by atoms with Crippen LogP contribution in [0.25, 0.3) is 0 Å². The Bertz CT molecular complexity index is 841. The van der Waals surface area contributed by atoms with Crippen LogP contribution in [-0.4, -0.2) is 40.5 Å². The molecule has 0 radical (unpaired) electrons. The van der Waals surface area contributed by atoms with E-state index in [1.807, 2.05) is 0 Å². The Morgan fingerprint density at radius 2 is 2.11 bits per heavy atom. The summed E-state index contributed by atoms with van der Waals surface area (Å²) in [6, 6.07) is 5.14. The van der Waals surface area contributed by atoms with Crippen LogP contribution in [0.4, 0.5) is 16.2 Å². The van der Waals surface area contributed by atoms with E-state index in [1.54, 1.807) is 26.8 Å². The molecule has 0 aromatic heterocycles. The molecular weight excluding hydrogens is 390 g/mol. The van der Waals surface area contributed by atoms with Gasteiger partial charge in [-0.05, 0) is 26.8 Å². The molecule has 1 aromatic carbocycles. The molecular formula is C17H20ClN5O5. The maximum Gasteiger partial charge on any atom is 0.414 e. The molecule has 0 aliphatic carbocycles. The van der Waals surface area contributed by atoms with Gasteiger partial charge in [0.15, 0.2) is 0 Å². The summed E-state index contributed by atoms with van der Waals surface area (Å²) in [7, 11) is 0. The Morgan fingerprint density at radius 1 is 1.46 bits per heavy atom. The Kier molecular flexibility index (Phi) is 7.91. The molecule has 3 N–H and O–H groups in total. The van der Waals surface area contributed by atoms with Crippen molar-refractivity contribution in [3.63, 3.8) is 0 Å². The summed E-state index contributed by atoms with van der Waals surface area (Å²) in [4.78, 5) is 35.8. The quantitative estimate of drug-likeness (QED) is 0.317. The number of nitrogens with two attached hydrogens (primary N) is 1. The Balaban J connectivity index is 3.11. The Labute approximate surface area is 166 Å². The molecule has 28 heavy (non-hydrogen) atoms. The van der Waals surface area contributed by atoms with E-state index < -0.39 is 28.1 Å². The number of nitrogens with zero attached hydrogens (tertiary/aromatic N) is 3. The lowest BCUT2D eigenvalue weighted by atomic mass is 10.2. The second kappa shape index (κ2) is 9.68. The van der Waals surface area contributed by atoms with E-state index in [1.165, 1.54) is 12.1 Å². The van der Waals surface area contributed by atoms with Crippen molar-refractivity contribution >= 4 is 35.0 Å². The van der Waals surface area contributed by atoms with Gasteiger partial charge in [-0.2, -0.15) is 5.26 Å². The molecule has 0 spiro atoms. The lowest BCUT2D eigenvalue weighted by Crippen LogP contribution is -2.37. The van der Waals surface area contributed by atoms with Crippen molar-refractivity contribution in [3.05, 3.63) is 45.1 Å². The van der Waals surface area contributed by atoms with E-state index in [0.29, 0.717) is 0 Å². The van der Waals surface area contributed by atoms with Crippen LogP contribution in [-0.2, 0) is 9.53 Å². The first-order chi connectivity index (χ1) is 13.0. The maximum atomic E-state index is 12.4. The summed E-state index contributed by atoms with van der Waals surface area (Å²) in [6.45, 7) is 5.06. The average Bonchev–Trinajstić information content (AvgIpc) is 2.58. The van der Waals surface area contributed by atoms with E-state index in [9.17, 15) is 25.0 Å². The lowest BCUT2D eigenvalue weighted by molar-refractivity contribution is -0.384. The van der Waals surface area contributed by atoms with Crippen LogP contribution in [0.5, 0.6) is 0 Å². The molecule has 0 heterocycles. The van der Waals surface area contributed by atoms with E-state index in [-0.39, 0.29) is 29.5 Å². The largest absolute Gasteiger partial charge is 0.443 e. The van der Waals surface area contributed by atoms with Gasteiger partial charge in [0.2, 0.25) is 0 Å². The molecule has 11 heteroatoms. The first kappa shape index (κ1) is 22.9. The molecule has 1 aromatic rings. The van der Waals surface area contributed by atoms with Gasteiger partial charge in [-0.1, -0.05) is 11.6 Å². The minimum atomic E-state index is -0.907. The number of non-ortho nitro benzene ring substituents is 1. The van der Waals surface area contributed by atoms with Crippen molar-refractivity contribution < 1.29 is 19.2 Å². The van der Waals surface area contributed by atoms with Crippen LogP contribution in [0.1, 0.15) is 20.8 Å². The molecule has 0 aliphatic rings. The number of nitro groups is 1. The van der Waals surface area contributed by atoms with Crippen molar-refractivity contribution in [2.45, 2.75) is 26.4 Å². The van der Waals surface area contributed by atoms with Gasteiger partial charge in [-0.25, -0.2) is 4.79 Å². The van der Waals surface area contributed by atoms with Gasteiger partial charge in [0, 0.05) is 31.4 Å². The molecule has 0 fully saturated rings. The second-order valence-electron chi connectivity index (χ2n) is 6.49. The molecule has 1 rings (SSSR count). The number of carbonyl (C=O) groups excluding carboxylic acids is 2. The first-order valence-electron chi connectivity index (χ1n) is 8.05. The van der Waals surface area contributed by atoms with Crippen molar-refractivity contribution in [3.8, 4) is 6.07 Å². The fourth-order valence-corrected chi connectivity index (χ4v) is 2.04. The van der Waals surface area contributed by atoms with Crippen molar-refractivity contribution in [1.29, 1.82) is 5.26 Å². The highest BCUT2D eigenvalue weighted by Gasteiger charge is 2.23. The zero-order chi connectivity index (χ0) is 21.5. The molecule has 2 amide bonds. The number of carbonyl (C=O) groups is 2. The number of halogens is 1. The summed E-state index contributed by atoms with van der Waals surface area (Å²) in [5.74, 6) is -0.907. The van der Waals surface area contributed by atoms with Gasteiger partial charge in [-0.15, -0.1) is 0 Å². The summed E-state index contributed by atoms with van der Waals surface area (Å²) in [5, 5.41) is 22.5. The summed E-state index contributed by atoms with van der Waals surface area (Å²) in [6.07, 6.45) is 0.216. The zero-order valence-electron chi connectivity index (χ0n) is 15.6.